The number of nitrogens with one attached hydrogen (secondary N) is 1. The van der Waals surface area contributed by atoms with E-state index < -0.39 is 11.7 Å². The molecule has 0 aliphatic carbocycles. The first kappa shape index (κ1) is 15.3. The maximum absolute atomic E-state index is 13.6. The number of halogens is 1. The molecule has 1 aliphatic heterocycles. The standard InChI is InChI=1S/C14H19FN2O2S/c1-10(9-17-4-6-19-7-5-17)16-14(18)12-8-11(20)2-3-13(12)15/h2-3,8,10,20H,4-7,9H2,1H3,(H,16,18). The molecule has 0 spiro atoms. The van der Waals surface area contributed by atoms with Crippen LogP contribution in [-0.4, -0.2) is 49.7 Å². The van der Waals surface area contributed by atoms with Crippen molar-refractivity contribution in [3.63, 3.8) is 0 Å². The van der Waals surface area contributed by atoms with E-state index >= 15 is 0 Å². The largest absolute Gasteiger partial charge is 0.379 e. The smallest absolute Gasteiger partial charge is 0.254 e. The van der Waals surface area contributed by atoms with Gasteiger partial charge in [0.1, 0.15) is 5.82 Å². The van der Waals surface area contributed by atoms with Gasteiger partial charge in [-0.2, -0.15) is 0 Å². The molecule has 0 bridgehead atoms. The Morgan fingerprint density at radius 1 is 1.50 bits per heavy atom. The van der Waals surface area contributed by atoms with Crippen molar-refractivity contribution in [2.24, 2.45) is 0 Å². The van der Waals surface area contributed by atoms with E-state index in [2.05, 4.69) is 22.8 Å². The number of hydrogen-bond donors (Lipinski definition) is 2. The van der Waals surface area contributed by atoms with Crippen molar-refractivity contribution in [2.75, 3.05) is 32.8 Å². The van der Waals surface area contributed by atoms with Gasteiger partial charge in [-0.3, -0.25) is 9.69 Å². The number of carbonyl (C=O) groups is 1. The van der Waals surface area contributed by atoms with E-state index in [0.717, 1.165) is 32.8 Å². The number of thiol groups is 1. The van der Waals surface area contributed by atoms with Crippen molar-refractivity contribution in [1.82, 2.24) is 10.2 Å². The van der Waals surface area contributed by atoms with Crippen LogP contribution in [0.25, 0.3) is 0 Å². The monoisotopic (exact) mass is 298 g/mol. The van der Waals surface area contributed by atoms with E-state index in [4.69, 9.17) is 4.74 Å². The van der Waals surface area contributed by atoms with E-state index in [-0.39, 0.29) is 11.6 Å². The van der Waals surface area contributed by atoms with Gasteiger partial charge < -0.3 is 10.1 Å². The van der Waals surface area contributed by atoms with Crippen molar-refractivity contribution in [3.05, 3.63) is 29.6 Å². The third-order valence-corrected chi connectivity index (χ3v) is 3.49. The lowest BCUT2D eigenvalue weighted by atomic mass is 10.2. The summed E-state index contributed by atoms with van der Waals surface area (Å²) >= 11 is 4.12. The molecule has 1 saturated heterocycles. The molecule has 1 N–H and O–H groups in total. The number of amides is 1. The first-order valence-corrected chi connectivity index (χ1v) is 7.10. The van der Waals surface area contributed by atoms with Crippen LogP contribution in [0.2, 0.25) is 0 Å². The van der Waals surface area contributed by atoms with Crippen LogP contribution in [0.3, 0.4) is 0 Å². The van der Waals surface area contributed by atoms with Gasteiger partial charge >= 0.3 is 0 Å². The molecule has 2 rings (SSSR count). The average Bonchev–Trinajstić information content (AvgIpc) is 2.42. The number of benzene rings is 1. The summed E-state index contributed by atoms with van der Waals surface area (Å²) in [5, 5.41) is 2.82. The minimum absolute atomic E-state index is 0.0336. The predicted molar refractivity (Wildman–Crippen MR) is 77.8 cm³/mol. The van der Waals surface area contributed by atoms with Gasteiger partial charge in [0.25, 0.3) is 5.91 Å². The van der Waals surface area contributed by atoms with Crippen molar-refractivity contribution in [1.29, 1.82) is 0 Å². The lowest BCUT2D eigenvalue weighted by molar-refractivity contribution is 0.0342. The summed E-state index contributed by atoms with van der Waals surface area (Å²) in [5.74, 6) is -0.932. The van der Waals surface area contributed by atoms with Gasteiger partial charge in [0.05, 0.1) is 18.8 Å². The first-order valence-electron chi connectivity index (χ1n) is 6.66. The van der Waals surface area contributed by atoms with Crippen LogP contribution >= 0.6 is 12.6 Å². The molecule has 0 aromatic heterocycles. The first-order chi connectivity index (χ1) is 9.56. The Kier molecular flexibility index (Phi) is 5.39. The molecule has 4 nitrogen and oxygen atoms in total. The maximum Gasteiger partial charge on any atom is 0.254 e. The molecule has 1 amide bonds. The Morgan fingerprint density at radius 2 is 2.20 bits per heavy atom. The Balaban J connectivity index is 1.91. The van der Waals surface area contributed by atoms with Crippen molar-refractivity contribution in [2.45, 2.75) is 17.9 Å². The van der Waals surface area contributed by atoms with Crippen LogP contribution in [0.1, 0.15) is 17.3 Å². The van der Waals surface area contributed by atoms with Crippen molar-refractivity contribution in [3.8, 4) is 0 Å². The lowest BCUT2D eigenvalue weighted by Crippen LogP contribution is -2.46. The Hall–Kier alpha value is -1.11. The number of nitrogens with zero attached hydrogens (tertiary/aromatic N) is 1. The number of rotatable bonds is 4. The fourth-order valence-electron chi connectivity index (χ4n) is 2.21. The van der Waals surface area contributed by atoms with Gasteiger partial charge in [-0.15, -0.1) is 12.6 Å². The second-order valence-electron chi connectivity index (χ2n) is 4.95. The predicted octanol–water partition coefficient (Wildman–Crippen LogP) is 1.56. The second-order valence-corrected chi connectivity index (χ2v) is 5.47. The molecule has 1 aromatic carbocycles. The third kappa shape index (κ3) is 4.19. The summed E-state index contributed by atoms with van der Waals surface area (Å²) in [6.07, 6.45) is 0. The van der Waals surface area contributed by atoms with Crippen LogP contribution < -0.4 is 5.32 Å². The minimum Gasteiger partial charge on any atom is -0.379 e. The average molecular weight is 298 g/mol. The van der Waals surface area contributed by atoms with E-state index in [0.29, 0.717) is 4.90 Å². The zero-order valence-corrected chi connectivity index (χ0v) is 12.3. The van der Waals surface area contributed by atoms with Crippen molar-refractivity contribution >= 4 is 18.5 Å². The summed E-state index contributed by atoms with van der Waals surface area (Å²) in [7, 11) is 0. The molecule has 110 valence electrons. The number of carbonyl (C=O) groups excluding carboxylic acids is 1. The highest BCUT2D eigenvalue weighted by atomic mass is 32.1. The molecule has 1 aliphatic rings. The number of hydrogen-bond acceptors (Lipinski definition) is 4. The van der Waals surface area contributed by atoms with Crippen LogP contribution in [-0.2, 0) is 4.74 Å². The van der Waals surface area contributed by atoms with Gasteiger partial charge in [-0.25, -0.2) is 4.39 Å². The van der Waals surface area contributed by atoms with Crippen molar-refractivity contribution < 1.29 is 13.9 Å². The molecule has 6 heteroatoms. The summed E-state index contributed by atoms with van der Waals surface area (Å²) in [6, 6.07) is 4.16. The van der Waals surface area contributed by atoms with Gasteiger partial charge in [0.15, 0.2) is 0 Å². The summed E-state index contributed by atoms with van der Waals surface area (Å²) in [5.41, 5.74) is 0.0336. The Morgan fingerprint density at radius 3 is 2.90 bits per heavy atom. The van der Waals surface area contributed by atoms with E-state index in [1.807, 2.05) is 6.92 Å². The van der Waals surface area contributed by atoms with Crippen LogP contribution in [0, 0.1) is 5.82 Å². The molecule has 0 saturated carbocycles. The quantitative estimate of drug-likeness (QED) is 0.829. The highest BCUT2D eigenvalue weighted by Crippen LogP contribution is 2.13. The van der Waals surface area contributed by atoms with Gasteiger partial charge in [-0.05, 0) is 25.1 Å². The fraction of sp³-hybridized carbons (Fsp3) is 0.500. The highest BCUT2D eigenvalue weighted by molar-refractivity contribution is 7.80. The zero-order chi connectivity index (χ0) is 14.5. The molecule has 20 heavy (non-hydrogen) atoms. The summed E-state index contributed by atoms with van der Waals surface area (Å²) in [6.45, 7) is 5.81. The van der Waals surface area contributed by atoms with E-state index in [1.165, 1.54) is 18.2 Å². The van der Waals surface area contributed by atoms with Gasteiger partial charge in [0.2, 0.25) is 0 Å². The van der Waals surface area contributed by atoms with Crippen LogP contribution in [0.4, 0.5) is 4.39 Å². The summed E-state index contributed by atoms with van der Waals surface area (Å²) < 4.78 is 18.9. The minimum atomic E-state index is -0.529. The Bertz CT molecular complexity index is 478. The molecule has 1 unspecified atom stereocenters. The molecule has 1 heterocycles. The van der Waals surface area contributed by atoms with E-state index in [1.54, 1.807) is 0 Å². The SMILES string of the molecule is CC(CN1CCOCC1)NC(=O)c1cc(S)ccc1F. The molecule has 1 aromatic rings. The van der Waals surface area contributed by atoms with Gasteiger partial charge in [-0.1, -0.05) is 0 Å². The molecular weight excluding hydrogens is 279 g/mol. The molecule has 1 fully saturated rings. The fourth-order valence-corrected chi connectivity index (χ4v) is 2.41. The summed E-state index contributed by atoms with van der Waals surface area (Å²) in [4.78, 5) is 14.8. The number of morpholine rings is 1. The van der Waals surface area contributed by atoms with Gasteiger partial charge in [0, 0.05) is 30.6 Å². The molecule has 1 atom stereocenters. The maximum atomic E-state index is 13.6. The highest BCUT2D eigenvalue weighted by Gasteiger charge is 2.17. The lowest BCUT2D eigenvalue weighted by Gasteiger charge is -2.29. The second kappa shape index (κ2) is 7.06. The van der Waals surface area contributed by atoms with Crippen LogP contribution in [0.15, 0.2) is 23.1 Å². The normalized spacial score (nSPS) is 17.8. The topological polar surface area (TPSA) is 41.6 Å². The molecule has 0 radical (unpaired) electrons. The Labute approximate surface area is 123 Å². The third-order valence-electron chi connectivity index (χ3n) is 3.21. The number of ether oxygens (including phenoxy) is 1. The van der Waals surface area contributed by atoms with Crippen LogP contribution in [0.5, 0.6) is 0 Å². The molecular formula is C14H19FN2O2S. The zero-order valence-electron chi connectivity index (χ0n) is 11.4. The van der Waals surface area contributed by atoms with E-state index in [9.17, 15) is 9.18 Å².